The van der Waals surface area contributed by atoms with Crippen molar-refractivity contribution in [2.75, 3.05) is 11.4 Å². The first-order valence-electron chi connectivity index (χ1n) is 5.37. The molecule has 1 N–H and O–H groups in total. The Morgan fingerprint density at radius 2 is 2.29 bits per heavy atom. The molecule has 0 aromatic carbocycles. The highest BCUT2D eigenvalue weighted by atomic mass is 16.4. The van der Waals surface area contributed by atoms with Crippen molar-refractivity contribution >= 4 is 17.4 Å². The molecular weight excluding hydrogens is 220 g/mol. The molecule has 0 unspecified atom stereocenters. The summed E-state index contributed by atoms with van der Waals surface area (Å²) in [6.45, 7) is 3.81. The summed E-state index contributed by atoms with van der Waals surface area (Å²) in [5.41, 5.74) is 0.707. The number of carboxylic acid groups (broad SMARTS) is 1. The molecule has 0 saturated carbocycles. The zero-order valence-electron chi connectivity index (χ0n) is 9.74. The smallest absolute Gasteiger partial charge is 0.323 e. The Kier molecular flexibility index (Phi) is 2.95. The Balaban J connectivity index is 2.37. The van der Waals surface area contributed by atoms with E-state index in [1.165, 1.54) is 0 Å². The number of rotatable bonds is 4. The van der Waals surface area contributed by atoms with Gasteiger partial charge in [0.15, 0.2) is 5.65 Å². The summed E-state index contributed by atoms with van der Waals surface area (Å²) in [6.07, 6.45) is 3.43. The number of aromatic nitrogens is 3. The van der Waals surface area contributed by atoms with E-state index in [4.69, 9.17) is 5.11 Å². The van der Waals surface area contributed by atoms with Crippen molar-refractivity contribution in [1.82, 2.24) is 14.6 Å². The van der Waals surface area contributed by atoms with Crippen LogP contribution in [-0.4, -0.2) is 38.3 Å². The average molecular weight is 234 g/mol. The summed E-state index contributed by atoms with van der Waals surface area (Å²) in [5.74, 6) is -0.218. The maximum atomic E-state index is 10.8. The molecule has 2 aromatic rings. The summed E-state index contributed by atoms with van der Waals surface area (Å²) < 4.78 is 1.64. The van der Waals surface area contributed by atoms with Gasteiger partial charge in [-0.25, -0.2) is 9.50 Å². The van der Waals surface area contributed by atoms with Gasteiger partial charge in [-0.1, -0.05) is 0 Å². The molecular formula is C11H14N4O2. The maximum Gasteiger partial charge on any atom is 0.323 e. The van der Waals surface area contributed by atoms with Crippen LogP contribution in [0.15, 0.2) is 24.5 Å². The molecule has 0 radical (unpaired) electrons. The van der Waals surface area contributed by atoms with E-state index in [0.717, 1.165) is 0 Å². The lowest BCUT2D eigenvalue weighted by Gasteiger charge is -2.25. The second-order valence-corrected chi connectivity index (χ2v) is 4.04. The SMILES string of the molecule is CC(C)N(CC(=O)O)c1ccn2nccc2n1. The molecule has 0 aliphatic carbocycles. The third kappa shape index (κ3) is 2.35. The predicted molar refractivity (Wildman–Crippen MR) is 63.1 cm³/mol. The molecule has 0 fully saturated rings. The van der Waals surface area contributed by atoms with Crippen LogP contribution in [0.2, 0.25) is 0 Å². The van der Waals surface area contributed by atoms with E-state index in [-0.39, 0.29) is 12.6 Å². The fourth-order valence-corrected chi connectivity index (χ4v) is 1.64. The van der Waals surface area contributed by atoms with Crippen LogP contribution in [0, 0.1) is 0 Å². The Labute approximate surface area is 98.5 Å². The van der Waals surface area contributed by atoms with E-state index in [2.05, 4.69) is 10.1 Å². The standard InChI is InChI=1S/C11H14N4O2/c1-8(2)14(7-11(16)17)9-4-6-15-10(13-9)3-5-12-15/h3-6,8H,7H2,1-2H3,(H,16,17). The molecule has 0 atom stereocenters. The number of anilines is 1. The largest absolute Gasteiger partial charge is 0.480 e. The highest BCUT2D eigenvalue weighted by Crippen LogP contribution is 2.14. The molecule has 0 aliphatic rings. The topological polar surface area (TPSA) is 70.7 Å². The average Bonchev–Trinajstić information content (AvgIpc) is 2.72. The van der Waals surface area contributed by atoms with Crippen LogP contribution in [0.5, 0.6) is 0 Å². The van der Waals surface area contributed by atoms with Gasteiger partial charge in [0.2, 0.25) is 0 Å². The van der Waals surface area contributed by atoms with Crippen LogP contribution >= 0.6 is 0 Å². The molecule has 0 saturated heterocycles. The summed E-state index contributed by atoms with van der Waals surface area (Å²) in [6, 6.07) is 3.62. The first-order valence-corrected chi connectivity index (χ1v) is 5.37. The summed E-state index contributed by atoms with van der Waals surface area (Å²) >= 11 is 0. The van der Waals surface area contributed by atoms with Crippen LogP contribution in [-0.2, 0) is 4.79 Å². The molecule has 17 heavy (non-hydrogen) atoms. The van der Waals surface area contributed by atoms with Gasteiger partial charge in [-0.05, 0) is 19.9 Å². The zero-order valence-corrected chi connectivity index (χ0v) is 9.74. The predicted octanol–water partition coefficient (Wildman–Crippen LogP) is 1.03. The Morgan fingerprint density at radius 3 is 2.94 bits per heavy atom. The normalized spacial score (nSPS) is 11.0. The monoisotopic (exact) mass is 234 g/mol. The first-order chi connectivity index (χ1) is 8.08. The maximum absolute atomic E-state index is 10.8. The van der Waals surface area contributed by atoms with Gasteiger partial charge in [0.25, 0.3) is 0 Å². The number of hydrogen-bond donors (Lipinski definition) is 1. The third-order valence-corrected chi connectivity index (χ3v) is 2.47. The van der Waals surface area contributed by atoms with Crippen molar-refractivity contribution in [2.45, 2.75) is 19.9 Å². The van der Waals surface area contributed by atoms with Crippen molar-refractivity contribution in [1.29, 1.82) is 0 Å². The van der Waals surface area contributed by atoms with Crippen molar-refractivity contribution < 1.29 is 9.90 Å². The highest BCUT2D eigenvalue weighted by Gasteiger charge is 2.15. The fourth-order valence-electron chi connectivity index (χ4n) is 1.64. The molecule has 0 spiro atoms. The van der Waals surface area contributed by atoms with E-state index in [1.54, 1.807) is 33.9 Å². The van der Waals surface area contributed by atoms with Crippen LogP contribution < -0.4 is 4.90 Å². The van der Waals surface area contributed by atoms with Gasteiger partial charge in [-0.2, -0.15) is 5.10 Å². The van der Waals surface area contributed by atoms with Crippen molar-refractivity contribution in [3.8, 4) is 0 Å². The molecule has 0 bridgehead atoms. The molecule has 0 aliphatic heterocycles. The summed E-state index contributed by atoms with van der Waals surface area (Å²) in [7, 11) is 0. The van der Waals surface area contributed by atoms with E-state index >= 15 is 0 Å². The van der Waals surface area contributed by atoms with E-state index in [0.29, 0.717) is 11.5 Å². The van der Waals surface area contributed by atoms with Crippen LogP contribution in [0.3, 0.4) is 0 Å². The van der Waals surface area contributed by atoms with Crippen molar-refractivity contribution in [2.24, 2.45) is 0 Å². The highest BCUT2D eigenvalue weighted by molar-refractivity contribution is 5.73. The van der Waals surface area contributed by atoms with Gasteiger partial charge < -0.3 is 10.0 Å². The molecule has 2 rings (SSSR count). The number of carboxylic acids is 1. The molecule has 0 amide bonds. The lowest BCUT2D eigenvalue weighted by molar-refractivity contribution is -0.135. The van der Waals surface area contributed by atoms with E-state index in [1.807, 2.05) is 13.8 Å². The Morgan fingerprint density at radius 1 is 1.53 bits per heavy atom. The number of hydrogen-bond acceptors (Lipinski definition) is 4. The number of aliphatic carboxylic acids is 1. The van der Waals surface area contributed by atoms with Crippen LogP contribution in [0.4, 0.5) is 5.82 Å². The first kappa shape index (κ1) is 11.4. The second-order valence-electron chi connectivity index (χ2n) is 4.04. The quantitative estimate of drug-likeness (QED) is 0.855. The van der Waals surface area contributed by atoms with Crippen molar-refractivity contribution in [3.63, 3.8) is 0 Å². The summed E-state index contributed by atoms with van der Waals surface area (Å²) in [5, 5.41) is 12.9. The minimum Gasteiger partial charge on any atom is -0.480 e. The molecule has 2 aromatic heterocycles. The Bertz CT molecular complexity index is 535. The number of carbonyl (C=O) groups is 1. The summed E-state index contributed by atoms with van der Waals surface area (Å²) in [4.78, 5) is 16.9. The number of fused-ring (bicyclic) bond motifs is 1. The van der Waals surface area contributed by atoms with Crippen LogP contribution in [0.1, 0.15) is 13.8 Å². The Hall–Kier alpha value is -2.11. The van der Waals surface area contributed by atoms with Gasteiger partial charge >= 0.3 is 5.97 Å². The lowest BCUT2D eigenvalue weighted by Crippen LogP contribution is -2.36. The minimum absolute atomic E-state index is 0.0605. The minimum atomic E-state index is -0.867. The van der Waals surface area contributed by atoms with Gasteiger partial charge in [0.05, 0.1) is 6.20 Å². The fraction of sp³-hybridized carbons (Fsp3) is 0.364. The van der Waals surface area contributed by atoms with Gasteiger partial charge in [0.1, 0.15) is 12.4 Å². The second kappa shape index (κ2) is 4.40. The zero-order chi connectivity index (χ0) is 12.4. The van der Waals surface area contributed by atoms with Gasteiger partial charge in [-0.3, -0.25) is 4.79 Å². The van der Waals surface area contributed by atoms with Gasteiger partial charge in [-0.15, -0.1) is 0 Å². The van der Waals surface area contributed by atoms with Gasteiger partial charge in [0, 0.05) is 18.3 Å². The van der Waals surface area contributed by atoms with Crippen molar-refractivity contribution in [3.05, 3.63) is 24.5 Å². The molecule has 6 heteroatoms. The molecule has 2 heterocycles. The van der Waals surface area contributed by atoms with E-state index in [9.17, 15) is 4.79 Å². The van der Waals surface area contributed by atoms with Crippen LogP contribution in [0.25, 0.3) is 5.65 Å². The third-order valence-electron chi connectivity index (χ3n) is 2.47. The lowest BCUT2D eigenvalue weighted by atomic mass is 10.3. The van der Waals surface area contributed by atoms with E-state index < -0.39 is 5.97 Å². The number of nitrogens with zero attached hydrogens (tertiary/aromatic N) is 4. The molecule has 90 valence electrons. The molecule has 6 nitrogen and oxygen atoms in total.